The van der Waals surface area contributed by atoms with Gasteiger partial charge in [-0.2, -0.15) is 4.37 Å². The fraction of sp³-hybridized carbons (Fsp3) is 0.200. The molecule has 5 nitrogen and oxygen atoms in total. The summed E-state index contributed by atoms with van der Waals surface area (Å²) >= 11 is 1.09. The van der Waals surface area contributed by atoms with Crippen molar-refractivity contribution in [2.75, 3.05) is 7.11 Å². The minimum absolute atomic E-state index is 0.0789. The van der Waals surface area contributed by atoms with Gasteiger partial charge in [0.15, 0.2) is 16.6 Å². The molecule has 0 bridgehead atoms. The molecule has 0 radical (unpaired) electrons. The summed E-state index contributed by atoms with van der Waals surface area (Å²) in [7, 11) is 1.54. The van der Waals surface area contributed by atoms with E-state index in [1.54, 1.807) is 25.4 Å². The lowest BCUT2D eigenvalue weighted by atomic mass is 10.2. The second-order valence-corrected chi connectivity index (χ2v) is 3.82. The number of aromatic nitrogens is 3. The number of hydrogen-bond donors (Lipinski definition) is 0. The number of carbonyl (C=O) groups excluding carboxylic acids is 1. The molecule has 2 heterocycles. The Morgan fingerprint density at radius 2 is 2.31 bits per heavy atom. The Kier molecular flexibility index (Phi) is 2.91. The number of carbonyl (C=O) groups is 1. The molecule has 0 amide bonds. The van der Waals surface area contributed by atoms with Gasteiger partial charge in [0.2, 0.25) is 5.88 Å². The Bertz CT molecular complexity index is 524. The van der Waals surface area contributed by atoms with E-state index in [0.717, 1.165) is 17.1 Å². The molecule has 0 saturated heterocycles. The van der Waals surface area contributed by atoms with Crippen molar-refractivity contribution in [3.05, 3.63) is 23.3 Å². The van der Waals surface area contributed by atoms with Crippen molar-refractivity contribution >= 4 is 17.3 Å². The maximum Gasteiger partial charge on any atom is 0.213 e. The lowest BCUT2D eigenvalue weighted by Crippen LogP contribution is -1.91. The zero-order chi connectivity index (χ0) is 11.5. The molecule has 0 aliphatic carbocycles. The Balaban J connectivity index is 2.38. The zero-order valence-electron chi connectivity index (χ0n) is 8.80. The van der Waals surface area contributed by atoms with Crippen molar-refractivity contribution in [2.45, 2.75) is 6.92 Å². The summed E-state index contributed by atoms with van der Waals surface area (Å²) in [5, 5.41) is 0.408. The predicted octanol–water partition coefficient (Wildman–Crippen LogP) is 1.81. The molecule has 0 aliphatic rings. The Hall–Kier alpha value is -1.82. The van der Waals surface area contributed by atoms with Crippen molar-refractivity contribution in [2.24, 2.45) is 0 Å². The normalized spacial score (nSPS) is 10.1. The van der Waals surface area contributed by atoms with Crippen LogP contribution in [0.5, 0.6) is 5.88 Å². The van der Waals surface area contributed by atoms with E-state index in [-0.39, 0.29) is 5.78 Å². The van der Waals surface area contributed by atoms with Gasteiger partial charge >= 0.3 is 0 Å². The van der Waals surface area contributed by atoms with E-state index in [1.165, 1.54) is 6.92 Å². The molecule has 0 N–H and O–H groups in total. The summed E-state index contributed by atoms with van der Waals surface area (Å²) in [5.41, 5.74) is 0.788. The third-order valence-corrected chi connectivity index (χ3v) is 2.75. The van der Waals surface area contributed by atoms with Gasteiger partial charge in [-0.15, -0.1) is 0 Å². The van der Waals surface area contributed by atoms with E-state index in [1.807, 2.05) is 0 Å². The molecule has 0 aromatic carbocycles. The van der Waals surface area contributed by atoms with Crippen molar-refractivity contribution in [1.82, 2.24) is 14.3 Å². The molecule has 0 aliphatic heterocycles. The monoisotopic (exact) mass is 235 g/mol. The standard InChI is InChI=1S/C10H9N3O2S/c1-6(14)10-12-9(13-16-10)7-3-4-11-8(5-7)15-2/h3-5H,1-2H3. The third kappa shape index (κ3) is 2.06. The van der Waals surface area contributed by atoms with Crippen molar-refractivity contribution in [3.8, 4) is 17.3 Å². The van der Waals surface area contributed by atoms with Gasteiger partial charge in [-0.25, -0.2) is 9.97 Å². The SMILES string of the molecule is COc1cc(-c2nsc(C(C)=O)n2)ccn1. The Labute approximate surface area is 96.3 Å². The van der Waals surface area contributed by atoms with Gasteiger partial charge in [-0.1, -0.05) is 0 Å². The highest BCUT2D eigenvalue weighted by atomic mass is 32.1. The van der Waals surface area contributed by atoms with Crippen LogP contribution in [0.1, 0.15) is 16.7 Å². The van der Waals surface area contributed by atoms with E-state index in [0.29, 0.717) is 16.7 Å². The molecule has 0 fully saturated rings. The maximum atomic E-state index is 11.1. The van der Waals surface area contributed by atoms with Gasteiger partial charge in [-0.3, -0.25) is 4.79 Å². The van der Waals surface area contributed by atoms with E-state index in [2.05, 4.69) is 14.3 Å². The quantitative estimate of drug-likeness (QED) is 0.759. The van der Waals surface area contributed by atoms with Crippen LogP contribution in [0.2, 0.25) is 0 Å². The van der Waals surface area contributed by atoms with Crippen molar-refractivity contribution in [3.63, 3.8) is 0 Å². The highest BCUT2D eigenvalue weighted by molar-refractivity contribution is 7.07. The minimum Gasteiger partial charge on any atom is -0.481 e. The van der Waals surface area contributed by atoms with Crippen LogP contribution in [0.15, 0.2) is 18.3 Å². The number of methoxy groups -OCH3 is 1. The molecule has 6 heteroatoms. The molecule has 0 atom stereocenters. The fourth-order valence-corrected chi connectivity index (χ4v) is 1.72. The first-order valence-corrected chi connectivity index (χ1v) is 5.33. The summed E-state index contributed by atoms with van der Waals surface area (Å²) < 4.78 is 9.11. The number of pyridine rings is 1. The van der Waals surface area contributed by atoms with Crippen LogP contribution in [0.3, 0.4) is 0 Å². The first-order chi connectivity index (χ1) is 7.70. The van der Waals surface area contributed by atoms with E-state index in [9.17, 15) is 4.79 Å². The summed E-state index contributed by atoms with van der Waals surface area (Å²) in [5.74, 6) is 0.942. The second-order valence-electron chi connectivity index (χ2n) is 3.07. The zero-order valence-corrected chi connectivity index (χ0v) is 9.61. The van der Waals surface area contributed by atoms with Gasteiger partial charge in [0, 0.05) is 24.8 Å². The van der Waals surface area contributed by atoms with Crippen LogP contribution in [-0.2, 0) is 0 Å². The van der Waals surface area contributed by atoms with Gasteiger partial charge in [0.25, 0.3) is 0 Å². The molecule has 0 spiro atoms. The average Bonchev–Trinajstić information content (AvgIpc) is 2.78. The molecule has 0 unspecified atom stereocenters. The number of nitrogens with zero attached hydrogens (tertiary/aromatic N) is 3. The van der Waals surface area contributed by atoms with E-state index < -0.39 is 0 Å². The Morgan fingerprint density at radius 3 is 2.94 bits per heavy atom. The lowest BCUT2D eigenvalue weighted by molar-refractivity contribution is 0.101. The average molecular weight is 235 g/mol. The van der Waals surface area contributed by atoms with Gasteiger partial charge in [-0.05, 0) is 17.6 Å². The molecular weight excluding hydrogens is 226 g/mol. The van der Waals surface area contributed by atoms with Crippen LogP contribution in [0, 0.1) is 0 Å². The smallest absolute Gasteiger partial charge is 0.213 e. The Morgan fingerprint density at radius 1 is 1.50 bits per heavy atom. The number of rotatable bonds is 3. The molecule has 0 saturated carbocycles. The summed E-state index contributed by atoms with van der Waals surface area (Å²) in [6, 6.07) is 3.50. The van der Waals surface area contributed by atoms with Crippen LogP contribution in [-0.4, -0.2) is 27.2 Å². The summed E-state index contributed by atoms with van der Waals surface area (Å²) in [6.07, 6.45) is 1.61. The summed E-state index contributed by atoms with van der Waals surface area (Å²) in [4.78, 5) is 19.2. The maximum absolute atomic E-state index is 11.1. The largest absolute Gasteiger partial charge is 0.481 e. The molecule has 2 rings (SSSR count). The molecule has 82 valence electrons. The second kappa shape index (κ2) is 4.36. The predicted molar refractivity (Wildman–Crippen MR) is 59.7 cm³/mol. The molecule has 2 aromatic heterocycles. The number of Topliss-reactive ketones (excluding diaryl/α,β-unsaturated/α-hetero) is 1. The van der Waals surface area contributed by atoms with Crippen LogP contribution < -0.4 is 4.74 Å². The topological polar surface area (TPSA) is 65.0 Å². The van der Waals surface area contributed by atoms with Gasteiger partial charge in [0.1, 0.15) is 0 Å². The third-order valence-electron chi connectivity index (χ3n) is 1.93. The van der Waals surface area contributed by atoms with Gasteiger partial charge in [0.05, 0.1) is 7.11 Å². The number of ether oxygens (including phenoxy) is 1. The van der Waals surface area contributed by atoms with Crippen molar-refractivity contribution < 1.29 is 9.53 Å². The van der Waals surface area contributed by atoms with Crippen molar-refractivity contribution in [1.29, 1.82) is 0 Å². The molecule has 2 aromatic rings. The number of hydrogen-bond acceptors (Lipinski definition) is 6. The fourth-order valence-electron chi connectivity index (χ4n) is 1.14. The lowest BCUT2D eigenvalue weighted by Gasteiger charge is -1.99. The molecular formula is C10H9N3O2S. The van der Waals surface area contributed by atoms with Gasteiger partial charge < -0.3 is 4.74 Å². The first-order valence-electron chi connectivity index (χ1n) is 4.56. The first kappa shape index (κ1) is 10.7. The highest BCUT2D eigenvalue weighted by Gasteiger charge is 2.10. The van der Waals surface area contributed by atoms with Crippen LogP contribution in [0.4, 0.5) is 0 Å². The minimum atomic E-state index is -0.0789. The highest BCUT2D eigenvalue weighted by Crippen LogP contribution is 2.20. The van der Waals surface area contributed by atoms with E-state index >= 15 is 0 Å². The van der Waals surface area contributed by atoms with E-state index in [4.69, 9.17) is 4.74 Å². The van der Waals surface area contributed by atoms with Crippen LogP contribution >= 0.6 is 11.5 Å². The molecule has 16 heavy (non-hydrogen) atoms. The number of ketones is 1. The summed E-state index contributed by atoms with van der Waals surface area (Å²) in [6.45, 7) is 1.47. The van der Waals surface area contributed by atoms with Crippen LogP contribution in [0.25, 0.3) is 11.4 Å².